The quantitative estimate of drug-likeness (QED) is 0.696. The van der Waals surface area contributed by atoms with Gasteiger partial charge in [0.25, 0.3) is 0 Å². The van der Waals surface area contributed by atoms with Crippen LogP contribution in [-0.2, 0) is 9.53 Å². The van der Waals surface area contributed by atoms with Gasteiger partial charge in [0, 0.05) is 13.7 Å². The third kappa shape index (κ3) is 4.51. The summed E-state index contributed by atoms with van der Waals surface area (Å²) in [6.45, 7) is 1.46. The molecule has 6 nitrogen and oxygen atoms in total. The minimum Gasteiger partial charge on any atom is -0.383 e. The molecule has 1 aromatic heterocycles. The van der Waals surface area contributed by atoms with Crippen molar-refractivity contribution in [1.29, 1.82) is 0 Å². The molecule has 0 atom stereocenters. The van der Waals surface area contributed by atoms with E-state index in [-0.39, 0.29) is 24.9 Å². The lowest BCUT2D eigenvalue weighted by molar-refractivity contribution is -0.115. The number of para-hydroxylation sites is 2. The minimum absolute atomic E-state index is 0. The predicted molar refractivity (Wildman–Crippen MR) is 76.7 cm³/mol. The Morgan fingerprint density at radius 2 is 2.21 bits per heavy atom. The van der Waals surface area contributed by atoms with Crippen LogP contribution in [0.4, 0.5) is 5.95 Å². The number of carbonyl (C=O) groups is 1. The van der Waals surface area contributed by atoms with Crippen LogP contribution >= 0.6 is 12.4 Å². The van der Waals surface area contributed by atoms with Crippen LogP contribution in [-0.4, -0.2) is 42.7 Å². The first kappa shape index (κ1) is 15.4. The summed E-state index contributed by atoms with van der Waals surface area (Å²) in [7, 11) is 1.62. The molecule has 1 aromatic carbocycles. The van der Waals surface area contributed by atoms with Crippen LogP contribution in [0, 0.1) is 0 Å². The van der Waals surface area contributed by atoms with Crippen LogP contribution in [0.1, 0.15) is 0 Å². The van der Waals surface area contributed by atoms with Gasteiger partial charge in [-0.15, -0.1) is 12.4 Å². The number of H-pyrrole nitrogens is 1. The first-order valence-electron chi connectivity index (χ1n) is 5.74. The average molecular weight is 285 g/mol. The Kier molecular flexibility index (Phi) is 6.27. The van der Waals surface area contributed by atoms with E-state index in [1.165, 1.54) is 0 Å². The van der Waals surface area contributed by atoms with E-state index in [1.807, 2.05) is 24.3 Å². The molecule has 0 bridgehead atoms. The first-order chi connectivity index (χ1) is 8.79. The number of fused-ring (bicyclic) bond motifs is 1. The molecule has 1 heterocycles. The van der Waals surface area contributed by atoms with Crippen molar-refractivity contribution < 1.29 is 9.53 Å². The monoisotopic (exact) mass is 284 g/mol. The fraction of sp³-hybridized carbons (Fsp3) is 0.333. The molecule has 1 amide bonds. The summed E-state index contributed by atoms with van der Waals surface area (Å²) in [6, 6.07) is 7.62. The molecule has 0 unspecified atom stereocenters. The van der Waals surface area contributed by atoms with E-state index in [1.54, 1.807) is 7.11 Å². The highest BCUT2D eigenvalue weighted by Crippen LogP contribution is 2.12. The van der Waals surface area contributed by atoms with E-state index < -0.39 is 0 Å². The van der Waals surface area contributed by atoms with Gasteiger partial charge in [-0.05, 0) is 12.1 Å². The SMILES string of the molecule is COCCNCC(=O)Nc1nc2ccccc2[nH]1.Cl. The third-order valence-electron chi connectivity index (χ3n) is 2.42. The maximum absolute atomic E-state index is 11.6. The largest absolute Gasteiger partial charge is 0.383 e. The van der Waals surface area contributed by atoms with E-state index in [0.29, 0.717) is 19.1 Å². The molecule has 0 radical (unpaired) electrons. The number of halogens is 1. The van der Waals surface area contributed by atoms with Crippen LogP contribution in [0.3, 0.4) is 0 Å². The van der Waals surface area contributed by atoms with Gasteiger partial charge in [0.2, 0.25) is 11.9 Å². The molecule has 3 N–H and O–H groups in total. The molecule has 19 heavy (non-hydrogen) atoms. The van der Waals surface area contributed by atoms with Gasteiger partial charge in [-0.1, -0.05) is 12.1 Å². The fourth-order valence-corrected chi connectivity index (χ4v) is 1.56. The number of hydrogen-bond acceptors (Lipinski definition) is 4. The highest BCUT2D eigenvalue weighted by Gasteiger charge is 2.05. The van der Waals surface area contributed by atoms with E-state index in [9.17, 15) is 4.79 Å². The number of rotatable bonds is 6. The number of amides is 1. The number of ether oxygens (including phenoxy) is 1. The standard InChI is InChI=1S/C12H16N4O2.ClH/c1-18-7-6-13-8-11(17)16-12-14-9-4-2-3-5-10(9)15-12;/h2-5,13H,6-8H2,1H3,(H2,14,15,16,17);1H. The zero-order valence-electron chi connectivity index (χ0n) is 10.6. The molecule has 2 rings (SSSR count). The number of carbonyl (C=O) groups excluding carboxylic acids is 1. The number of methoxy groups -OCH3 is 1. The van der Waals surface area contributed by atoms with Crippen molar-refractivity contribution in [2.24, 2.45) is 0 Å². The zero-order chi connectivity index (χ0) is 12.8. The highest BCUT2D eigenvalue weighted by atomic mass is 35.5. The van der Waals surface area contributed by atoms with Crippen molar-refractivity contribution in [2.75, 3.05) is 32.1 Å². The van der Waals surface area contributed by atoms with E-state index >= 15 is 0 Å². The molecule has 0 saturated carbocycles. The summed E-state index contributed by atoms with van der Waals surface area (Å²) in [5.74, 6) is 0.333. The second kappa shape index (κ2) is 7.73. The van der Waals surface area contributed by atoms with Crippen molar-refractivity contribution in [3.63, 3.8) is 0 Å². The zero-order valence-corrected chi connectivity index (χ0v) is 11.4. The first-order valence-corrected chi connectivity index (χ1v) is 5.74. The molecule has 0 saturated heterocycles. The Hall–Kier alpha value is -1.63. The van der Waals surface area contributed by atoms with Gasteiger partial charge in [0.05, 0.1) is 24.2 Å². The number of hydrogen-bond donors (Lipinski definition) is 3. The lowest BCUT2D eigenvalue weighted by Crippen LogP contribution is -2.30. The summed E-state index contributed by atoms with van der Waals surface area (Å²) in [6.07, 6.45) is 0. The number of benzene rings is 1. The van der Waals surface area contributed by atoms with Gasteiger partial charge in [-0.3, -0.25) is 10.1 Å². The molecule has 2 aromatic rings. The second-order valence-corrected chi connectivity index (χ2v) is 3.82. The summed E-state index contributed by atoms with van der Waals surface area (Å²) < 4.78 is 4.87. The Morgan fingerprint density at radius 1 is 1.42 bits per heavy atom. The number of imidazole rings is 1. The van der Waals surface area contributed by atoms with Crippen LogP contribution in [0.2, 0.25) is 0 Å². The van der Waals surface area contributed by atoms with E-state index in [2.05, 4.69) is 20.6 Å². The smallest absolute Gasteiger partial charge is 0.240 e. The number of aromatic nitrogens is 2. The normalized spacial score (nSPS) is 10.2. The van der Waals surface area contributed by atoms with Gasteiger partial charge in [-0.25, -0.2) is 4.98 Å². The lowest BCUT2D eigenvalue weighted by Gasteiger charge is -2.03. The highest BCUT2D eigenvalue weighted by molar-refractivity contribution is 5.92. The van der Waals surface area contributed by atoms with Gasteiger partial charge in [-0.2, -0.15) is 0 Å². The van der Waals surface area contributed by atoms with E-state index in [0.717, 1.165) is 11.0 Å². The number of nitrogens with zero attached hydrogens (tertiary/aromatic N) is 1. The van der Waals surface area contributed by atoms with Crippen molar-refractivity contribution >= 4 is 35.3 Å². The van der Waals surface area contributed by atoms with Crippen molar-refractivity contribution in [1.82, 2.24) is 15.3 Å². The lowest BCUT2D eigenvalue weighted by atomic mass is 10.3. The average Bonchev–Trinajstić information content (AvgIpc) is 2.76. The van der Waals surface area contributed by atoms with E-state index in [4.69, 9.17) is 4.74 Å². The van der Waals surface area contributed by atoms with Crippen LogP contribution < -0.4 is 10.6 Å². The molecule has 0 spiro atoms. The molecule has 7 heteroatoms. The van der Waals surface area contributed by atoms with Gasteiger partial charge in [0.15, 0.2) is 0 Å². The van der Waals surface area contributed by atoms with Gasteiger partial charge >= 0.3 is 0 Å². The number of anilines is 1. The van der Waals surface area contributed by atoms with Crippen molar-refractivity contribution in [2.45, 2.75) is 0 Å². The Labute approximate surface area is 117 Å². The summed E-state index contributed by atoms with van der Waals surface area (Å²) in [5, 5.41) is 5.66. The Balaban J connectivity index is 0.00000180. The number of aromatic amines is 1. The summed E-state index contributed by atoms with van der Waals surface area (Å²) in [4.78, 5) is 18.9. The van der Waals surface area contributed by atoms with Crippen LogP contribution in [0.15, 0.2) is 24.3 Å². The summed E-state index contributed by atoms with van der Waals surface area (Å²) in [5.41, 5.74) is 1.74. The minimum atomic E-state index is -0.134. The van der Waals surface area contributed by atoms with Crippen molar-refractivity contribution in [3.05, 3.63) is 24.3 Å². The van der Waals surface area contributed by atoms with Gasteiger partial charge < -0.3 is 15.0 Å². The fourth-order valence-electron chi connectivity index (χ4n) is 1.56. The van der Waals surface area contributed by atoms with Crippen LogP contribution in [0.5, 0.6) is 0 Å². The maximum Gasteiger partial charge on any atom is 0.240 e. The Bertz CT molecular complexity index is 496. The molecule has 0 aliphatic carbocycles. The van der Waals surface area contributed by atoms with Crippen molar-refractivity contribution in [3.8, 4) is 0 Å². The second-order valence-electron chi connectivity index (χ2n) is 3.82. The summed E-state index contributed by atoms with van der Waals surface area (Å²) >= 11 is 0. The maximum atomic E-state index is 11.6. The molecule has 0 fully saturated rings. The third-order valence-corrected chi connectivity index (χ3v) is 2.42. The number of nitrogens with one attached hydrogen (secondary N) is 3. The molecule has 104 valence electrons. The molecule has 0 aliphatic rings. The molecular weight excluding hydrogens is 268 g/mol. The molecule has 0 aliphatic heterocycles. The molecular formula is C12H17ClN4O2. The van der Waals surface area contributed by atoms with Crippen LogP contribution in [0.25, 0.3) is 11.0 Å². The van der Waals surface area contributed by atoms with Gasteiger partial charge in [0.1, 0.15) is 0 Å². The Morgan fingerprint density at radius 3 is 2.95 bits per heavy atom. The topological polar surface area (TPSA) is 79.0 Å². The predicted octanol–water partition coefficient (Wildman–Crippen LogP) is 1.16.